The molecule has 1 saturated carbocycles. The third-order valence-corrected chi connectivity index (χ3v) is 6.47. The molecule has 4 amide bonds. The summed E-state index contributed by atoms with van der Waals surface area (Å²) in [6, 6.07) is 17.7. The third kappa shape index (κ3) is 4.09. The Morgan fingerprint density at radius 3 is 2.44 bits per heavy atom. The second-order valence-corrected chi connectivity index (χ2v) is 8.72. The maximum atomic E-state index is 13.3. The average Bonchev–Trinajstić information content (AvgIpc) is 3.63. The zero-order valence-corrected chi connectivity index (χ0v) is 18.2. The predicted octanol–water partition coefficient (Wildman–Crippen LogP) is 3.15. The summed E-state index contributed by atoms with van der Waals surface area (Å²) in [4.78, 5) is 42.0. The molecule has 2 unspecified atom stereocenters. The largest absolute Gasteiger partial charge is 0.334 e. The number of benzene rings is 2. The first-order valence-corrected chi connectivity index (χ1v) is 10.8. The van der Waals surface area contributed by atoms with Crippen molar-refractivity contribution in [1.82, 2.24) is 15.1 Å². The van der Waals surface area contributed by atoms with Crippen LogP contribution in [0.3, 0.4) is 0 Å². The van der Waals surface area contributed by atoms with Gasteiger partial charge in [0.2, 0.25) is 5.91 Å². The Hall–Kier alpha value is -3.66. The fourth-order valence-corrected chi connectivity index (χ4v) is 4.21. The van der Waals surface area contributed by atoms with Gasteiger partial charge in [-0.3, -0.25) is 14.5 Å². The van der Waals surface area contributed by atoms with E-state index in [2.05, 4.69) is 5.32 Å². The summed E-state index contributed by atoms with van der Waals surface area (Å²) < 4.78 is 0. The quantitative estimate of drug-likeness (QED) is 0.683. The monoisotopic (exact) mass is 430 g/mol. The van der Waals surface area contributed by atoms with Gasteiger partial charge in [0.25, 0.3) is 5.91 Å². The maximum absolute atomic E-state index is 13.3. The van der Waals surface area contributed by atoms with Crippen LogP contribution in [0.25, 0.3) is 0 Å². The smallest absolute Gasteiger partial charge is 0.325 e. The number of hydrogen-bond acceptors (Lipinski definition) is 4. The van der Waals surface area contributed by atoms with Crippen LogP contribution in [0.2, 0.25) is 0 Å². The van der Waals surface area contributed by atoms with Gasteiger partial charge < -0.3 is 10.2 Å². The normalized spacial score (nSPS) is 21.1. The van der Waals surface area contributed by atoms with Crippen molar-refractivity contribution in [3.05, 3.63) is 71.3 Å². The Morgan fingerprint density at radius 1 is 1.19 bits per heavy atom. The number of rotatable bonds is 7. The Kier molecular flexibility index (Phi) is 5.70. The van der Waals surface area contributed by atoms with Crippen molar-refractivity contribution in [3.63, 3.8) is 0 Å². The molecule has 1 heterocycles. The standard InChI is InChI=1S/C25H26N4O3/c1-17(20-10-11-20)28(15-19-6-4-3-5-7-19)22(30)16-29-23(31)25(2,27-24(29)32)21-12-8-18(14-26)9-13-21/h3-9,12-13,17,20H,10-11,15-16H2,1-2H3,(H,27,32). The summed E-state index contributed by atoms with van der Waals surface area (Å²) >= 11 is 0. The molecule has 2 atom stereocenters. The summed E-state index contributed by atoms with van der Waals surface area (Å²) in [5.41, 5.74) is 0.759. The molecule has 164 valence electrons. The van der Waals surface area contributed by atoms with Crippen molar-refractivity contribution in [3.8, 4) is 6.07 Å². The second kappa shape index (κ2) is 8.46. The van der Waals surface area contributed by atoms with Crippen LogP contribution in [0, 0.1) is 17.2 Å². The number of nitriles is 1. The van der Waals surface area contributed by atoms with E-state index in [0.29, 0.717) is 23.6 Å². The lowest BCUT2D eigenvalue weighted by atomic mass is 9.91. The van der Waals surface area contributed by atoms with Gasteiger partial charge >= 0.3 is 6.03 Å². The number of nitrogens with one attached hydrogen (secondary N) is 1. The fourth-order valence-electron chi connectivity index (χ4n) is 4.21. The molecule has 1 aliphatic heterocycles. The van der Waals surface area contributed by atoms with Crippen LogP contribution in [0.1, 0.15) is 43.4 Å². The number of carbonyl (C=O) groups excluding carboxylic acids is 3. The summed E-state index contributed by atoms with van der Waals surface area (Å²) in [7, 11) is 0. The van der Waals surface area contributed by atoms with E-state index in [4.69, 9.17) is 5.26 Å². The van der Waals surface area contributed by atoms with Gasteiger partial charge in [-0.25, -0.2) is 4.79 Å². The maximum Gasteiger partial charge on any atom is 0.325 e. The molecule has 1 N–H and O–H groups in total. The van der Waals surface area contributed by atoms with E-state index in [-0.39, 0.29) is 18.5 Å². The van der Waals surface area contributed by atoms with Gasteiger partial charge in [0.1, 0.15) is 12.1 Å². The van der Waals surface area contributed by atoms with Crippen LogP contribution in [-0.2, 0) is 21.7 Å². The predicted molar refractivity (Wildman–Crippen MR) is 118 cm³/mol. The molecule has 7 nitrogen and oxygen atoms in total. The van der Waals surface area contributed by atoms with Crippen LogP contribution >= 0.6 is 0 Å². The van der Waals surface area contributed by atoms with Crippen LogP contribution < -0.4 is 5.32 Å². The van der Waals surface area contributed by atoms with Crippen LogP contribution in [0.4, 0.5) is 4.79 Å². The molecule has 2 aliphatic rings. The van der Waals surface area contributed by atoms with Crippen molar-refractivity contribution < 1.29 is 14.4 Å². The van der Waals surface area contributed by atoms with E-state index in [0.717, 1.165) is 23.3 Å². The lowest BCUT2D eigenvalue weighted by Crippen LogP contribution is -2.47. The minimum atomic E-state index is -1.28. The van der Waals surface area contributed by atoms with Gasteiger partial charge in [-0.15, -0.1) is 0 Å². The van der Waals surface area contributed by atoms with Crippen LogP contribution in [0.5, 0.6) is 0 Å². The zero-order valence-electron chi connectivity index (χ0n) is 18.2. The Labute approximate surface area is 187 Å². The van der Waals surface area contributed by atoms with Crippen molar-refractivity contribution in [2.45, 2.75) is 44.8 Å². The molecular weight excluding hydrogens is 404 g/mol. The number of hydrogen-bond donors (Lipinski definition) is 1. The van der Waals surface area contributed by atoms with Crippen LogP contribution in [-0.4, -0.2) is 40.2 Å². The van der Waals surface area contributed by atoms with Crippen molar-refractivity contribution in [2.75, 3.05) is 6.54 Å². The van der Waals surface area contributed by atoms with Crippen molar-refractivity contribution in [1.29, 1.82) is 5.26 Å². The SMILES string of the molecule is CC(C1CC1)N(Cc1ccccc1)C(=O)CN1C(=O)NC(C)(c2ccc(C#N)cc2)C1=O. The molecule has 2 aromatic carbocycles. The van der Waals surface area contributed by atoms with Gasteiger partial charge in [-0.05, 0) is 55.9 Å². The number of carbonyl (C=O) groups is 3. The van der Waals surface area contributed by atoms with Gasteiger partial charge in [0, 0.05) is 12.6 Å². The summed E-state index contributed by atoms with van der Waals surface area (Å²) in [6.07, 6.45) is 2.17. The zero-order chi connectivity index (χ0) is 22.9. The van der Waals surface area contributed by atoms with Crippen molar-refractivity contribution in [2.24, 2.45) is 5.92 Å². The van der Waals surface area contributed by atoms with Gasteiger partial charge in [-0.1, -0.05) is 42.5 Å². The molecule has 2 fully saturated rings. The Morgan fingerprint density at radius 2 is 1.84 bits per heavy atom. The lowest BCUT2D eigenvalue weighted by molar-refractivity contribution is -0.140. The third-order valence-electron chi connectivity index (χ3n) is 6.47. The van der Waals surface area contributed by atoms with Gasteiger partial charge in [-0.2, -0.15) is 5.26 Å². The first-order chi connectivity index (χ1) is 15.3. The lowest BCUT2D eigenvalue weighted by Gasteiger charge is -2.31. The Balaban J connectivity index is 1.53. The minimum absolute atomic E-state index is 0.0355. The molecule has 1 saturated heterocycles. The molecule has 0 bridgehead atoms. The molecule has 0 spiro atoms. The highest BCUT2D eigenvalue weighted by atomic mass is 16.2. The van der Waals surface area contributed by atoms with E-state index >= 15 is 0 Å². The first kappa shape index (κ1) is 21.6. The van der Waals surface area contributed by atoms with E-state index in [9.17, 15) is 14.4 Å². The van der Waals surface area contributed by atoms with Gasteiger partial charge in [0.15, 0.2) is 0 Å². The first-order valence-electron chi connectivity index (χ1n) is 10.8. The Bertz CT molecular complexity index is 1070. The summed E-state index contributed by atoms with van der Waals surface area (Å²) in [6.45, 7) is 3.78. The second-order valence-electron chi connectivity index (χ2n) is 8.72. The van der Waals surface area contributed by atoms with E-state index in [1.807, 2.05) is 43.3 Å². The topological polar surface area (TPSA) is 93.5 Å². The van der Waals surface area contributed by atoms with Crippen molar-refractivity contribution >= 4 is 17.8 Å². The molecule has 1 aliphatic carbocycles. The number of urea groups is 1. The highest BCUT2D eigenvalue weighted by Crippen LogP contribution is 2.36. The molecular formula is C25H26N4O3. The number of imide groups is 1. The molecule has 0 radical (unpaired) electrons. The fraction of sp³-hybridized carbons (Fsp3) is 0.360. The molecule has 7 heteroatoms. The van der Waals surface area contributed by atoms with Gasteiger partial charge in [0.05, 0.1) is 11.6 Å². The molecule has 32 heavy (non-hydrogen) atoms. The highest BCUT2D eigenvalue weighted by molar-refractivity contribution is 6.09. The number of nitrogens with zero attached hydrogens (tertiary/aromatic N) is 3. The molecule has 2 aromatic rings. The van der Waals surface area contributed by atoms with E-state index < -0.39 is 17.5 Å². The number of amides is 4. The molecule has 0 aromatic heterocycles. The highest BCUT2D eigenvalue weighted by Gasteiger charge is 2.50. The average molecular weight is 431 g/mol. The molecule has 4 rings (SSSR count). The summed E-state index contributed by atoms with van der Waals surface area (Å²) in [5, 5.41) is 11.7. The van der Waals surface area contributed by atoms with E-state index in [1.54, 1.807) is 36.1 Å². The minimum Gasteiger partial charge on any atom is -0.334 e. The van der Waals surface area contributed by atoms with Crippen LogP contribution in [0.15, 0.2) is 54.6 Å². The summed E-state index contributed by atoms with van der Waals surface area (Å²) in [5.74, 6) is -0.269. The van der Waals surface area contributed by atoms with E-state index in [1.165, 1.54) is 0 Å².